The Hall–Kier alpha value is -2.16. The van der Waals surface area contributed by atoms with Gasteiger partial charge in [0.25, 0.3) is 0 Å². The zero-order valence-corrected chi connectivity index (χ0v) is 10.4. The van der Waals surface area contributed by atoms with Crippen LogP contribution in [-0.4, -0.2) is 13.3 Å². The molecule has 0 saturated carbocycles. The molecule has 0 fully saturated rings. The van der Waals surface area contributed by atoms with Gasteiger partial charge < -0.3 is 4.90 Å². The minimum atomic E-state index is -0.404. The Morgan fingerprint density at radius 3 is 2.61 bits per heavy atom. The third kappa shape index (κ3) is 2.40. The van der Waals surface area contributed by atoms with Gasteiger partial charge in [-0.2, -0.15) is 0 Å². The molecule has 0 heterocycles. The average molecular weight is 243 g/mol. The van der Waals surface area contributed by atoms with E-state index in [4.69, 9.17) is 0 Å². The molecule has 0 N–H and O–H groups in total. The van der Waals surface area contributed by atoms with Crippen molar-refractivity contribution in [2.24, 2.45) is 0 Å². The van der Waals surface area contributed by atoms with E-state index in [1.807, 2.05) is 43.1 Å². The number of halogens is 1. The lowest BCUT2D eigenvalue weighted by Crippen LogP contribution is -2.11. The van der Waals surface area contributed by atoms with Crippen LogP contribution in [0.4, 0.5) is 15.8 Å². The molecule has 0 unspecified atom stereocenters. The second-order valence-electron chi connectivity index (χ2n) is 4.22. The average Bonchev–Trinajstić information content (AvgIpc) is 2.37. The highest BCUT2D eigenvalue weighted by molar-refractivity contribution is 5.86. The van der Waals surface area contributed by atoms with Gasteiger partial charge in [-0.3, -0.25) is 4.79 Å². The van der Waals surface area contributed by atoms with Gasteiger partial charge in [0.2, 0.25) is 0 Å². The number of hydrogen-bond acceptors (Lipinski definition) is 2. The first-order valence-corrected chi connectivity index (χ1v) is 5.67. The predicted octanol–water partition coefficient (Wildman–Crippen LogP) is 3.71. The van der Waals surface area contributed by atoms with Crippen molar-refractivity contribution in [3.05, 3.63) is 59.4 Å². The van der Waals surface area contributed by atoms with Crippen LogP contribution >= 0.6 is 0 Å². The Morgan fingerprint density at radius 1 is 1.17 bits per heavy atom. The van der Waals surface area contributed by atoms with Crippen LogP contribution in [0.15, 0.2) is 42.5 Å². The molecule has 0 radical (unpaired) electrons. The van der Waals surface area contributed by atoms with Crippen molar-refractivity contribution in [1.29, 1.82) is 0 Å². The summed E-state index contributed by atoms with van der Waals surface area (Å²) in [6, 6.07) is 12.1. The fourth-order valence-electron chi connectivity index (χ4n) is 1.90. The first-order chi connectivity index (χ1) is 8.61. The molecule has 2 aromatic rings. The Labute approximate surface area is 106 Å². The van der Waals surface area contributed by atoms with Crippen LogP contribution in [-0.2, 0) is 0 Å². The predicted molar refractivity (Wildman–Crippen MR) is 71.0 cm³/mol. The van der Waals surface area contributed by atoms with Crippen molar-refractivity contribution >= 4 is 17.7 Å². The van der Waals surface area contributed by atoms with Gasteiger partial charge in [-0.05, 0) is 42.8 Å². The Morgan fingerprint density at radius 2 is 1.94 bits per heavy atom. The fraction of sp³-hybridized carbons (Fsp3) is 0.133. The van der Waals surface area contributed by atoms with E-state index in [-0.39, 0.29) is 0 Å². The van der Waals surface area contributed by atoms with Gasteiger partial charge in [0, 0.05) is 18.3 Å². The Kier molecular flexibility index (Phi) is 3.42. The quantitative estimate of drug-likeness (QED) is 0.766. The number of anilines is 2. The second kappa shape index (κ2) is 5.00. The molecule has 92 valence electrons. The normalized spacial score (nSPS) is 10.2. The van der Waals surface area contributed by atoms with Crippen molar-refractivity contribution in [3.8, 4) is 0 Å². The van der Waals surface area contributed by atoms with Gasteiger partial charge in [0.1, 0.15) is 5.82 Å². The fourth-order valence-corrected chi connectivity index (χ4v) is 1.90. The lowest BCUT2D eigenvalue weighted by Gasteiger charge is -2.21. The summed E-state index contributed by atoms with van der Waals surface area (Å²) in [5.41, 5.74) is 3.13. The second-order valence-corrected chi connectivity index (χ2v) is 4.22. The van der Waals surface area contributed by atoms with E-state index < -0.39 is 5.82 Å². The van der Waals surface area contributed by atoms with Gasteiger partial charge >= 0.3 is 0 Å². The van der Waals surface area contributed by atoms with Crippen LogP contribution < -0.4 is 4.90 Å². The zero-order valence-electron chi connectivity index (χ0n) is 10.4. The van der Waals surface area contributed by atoms with Crippen LogP contribution in [0.5, 0.6) is 0 Å². The topological polar surface area (TPSA) is 20.3 Å². The van der Waals surface area contributed by atoms with Crippen molar-refractivity contribution < 1.29 is 9.18 Å². The summed E-state index contributed by atoms with van der Waals surface area (Å²) in [5, 5.41) is 0. The van der Waals surface area contributed by atoms with E-state index in [0.717, 1.165) is 11.3 Å². The summed E-state index contributed by atoms with van der Waals surface area (Å²) >= 11 is 0. The molecular formula is C15H14FNO. The Balaban J connectivity index is 2.45. The lowest BCUT2D eigenvalue weighted by molar-refractivity contribution is 0.112. The van der Waals surface area contributed by atoms with Crippen molar-refractivity contribution in [1.82, 2.24) is 0 Å². The van der Waals surface area contributed by atoms with E-state index in [9.17, 15) is 9.18 Å². The minimum absolute atomic E-state index is 0.346. The molecule has 2 aromatic carbocycles. The van der Waals surface area contributed by atoms with Gasteiger partial charge in [-0.15, -0.1) is 0 Å². The number of rotatable bonds is 3. The number of hydrogen-bond donors (Lipinski definition) is 0. The van der Waals surface area contributed by atoms with Gasteiger partial charge in [-0.1, -0.05) is 12.1 Å². The smallest absolute Gasteiger partial charge is 0.152 e. The zero-order chi connectivity index (χ0) is 13.1. The molecule has 0 aliphatic rings. The molecule has 0 saturated heterocycles. The van der Waals surface area contributed by atoms with E-state index in [0.29, 0.717) is 17.5 Å². The summed E-state index contributed by atoms with van der Waals surface area (Å²) < 4.78 is 13.1. The number of benzene rings is 2. The van der Waals surface area contributed by atoms with Crippen molar-refractivity contribution in [3.63, 3.8) is 0 Å². The first kappa shape index (κ1) is 12.3. The number of carbonyl (C=O) groups excluding carboxylic acids is 1. The van der Waals surface area contributed by atoms with Gasteiger partial charge in [-0.25, -0.2) is 4.39 Å². The summed E-state index contributed by atoms with van der Waals surface area (Å²) in [6.07, 6.45) is 0.671. The molecule has 0 atom stereocenters. The molecule has 0 bridgehead atoms. The maximum atomic E-state index is 13.1. The highest BCUT2D eigenvalue weighted by Crippen LogP contribution is 2.27. The van der Waals surface area contributed by atoms with Crippen LogP contribution in [0.25, 0.3) is 0 Å². The van der Waals surface area contributed by atoms with Crippen LogP contribution in [0.1, 0.15) is 15.9 Å². The largest absolute Gasteiger partial charge is 0.344 e. The first-order valence-electron chi connectivity index (χ1n) is 5.67. The van der Waals surface area contributed by atoms with Gasteiger partial charge in [0.05, 0.1) is 5.69 Å². The van der Waals surface area contributed by atoms with Crippen LogP contribution in [0.3, 0.4) is 0 Å². The van der Waals surface area contributed by atoms with Gasteiger partial charge in [0.15, 0.2) is 6.29 Å². The molecule has 2 nitrogen and oxygen atoms in total. The third-order valence-corrected chi connectivity index (χ3v) is 2.87. The van der Waals surface area contributed by atoms with E-state index in [1.54, 1.807) is 6.07 Å². The highest BCUT2D eigenvalue weighted by Gasteiger charge is 2.09. The number of carbonyl (C=O) groups is 1. The van der Waals surface area contributed by atoms with Crippen molar-refractivity contribution in [2.75, 3.05) is 11.9 Å². The molecular weight excluding hydrogens is 229 g/mol. The molecule has 18 heavy (non-hydrogen) atoms. The van der Waals surface area contributed by atoms with E-state index >= 15 is 0 Å². The minimum Gasteiger partial charge on any atom is -0.344 e. The maximum Gasteiger partial charge on any atom is 0.152 e. The number of aryl methyl sites for hydroxylation is 1. The van der Waals surface area contributed by atoms with Crippen LogP contribution in [0.2, 0.25) is 0 Å². The van der Waals surface area contributed by atoms with Crippen LogP contribution in [0, 0.1) is 12.7 Å². The summed E-state index contributed by atoms with van der Waals surface area (Å²) in [7, 11) is 1.86. The SMILES string of the molecule is Cc1cccc(N(C)c2ccc(F)cc2C=O)c1. The molecule has 0 amide bonds. The maximum absolute atomic E-state index is 13.1. The lowest BCUT2D eigenvalue weighted by atomic mass is 10.1. The van der Waals surface area contributed by atoms with E-state index in [1.165, 1.54) is 12.1 Å². The summed E-state index contributed by atoms with van der Waals surface area (Å²) in [4.78, 5) is 12.9. The molecule has 0 aliphatic carbocycles. The number of aldehydes is 1. The van der Waals surface area contributed by atoms with E-state index in [2.05, 4.69) is 0 Å². The molecule has 0 spiro atoms. The Bertz CT molecular complexity index is 580. The summed E-state index contributed by atoms with van der Waals surface area (Å²) in [5.74, 6) is -0.404. The third-order valence-electron chi connectivity index (χ3n) is 2.87. The molecule has 0 aliphatic heterocycles. The molecule has 0 aromatic heterocycles. The standard InChI is InChI=1S/C15H14FNO/c1-11-4-3-5-14(8-11)17(2)15-7-6-13(16)9-12(15)10-18/h3-10H,1-2H3. The molecule has 2 rings (SSSR count). The van der Waals surface area contributed by atoms with Crippen molar-refractivity contribution in [2.45, 2.75) is 6.92 Å². The monoisotopic (exact) mass is 243 g/mol. The number of nitrogens with zero attached hydrogens (tertiary/aromatic N) is 1. The highest BCUT2D eigenvalue weighted by atomic mass is 19.1. The molecule has 3 heteroatoms. The summed E-state index contributed by atoms with van der Waals surface area (Å²) in [6.45, 7) is 2.00.